The molecule has 0 aromatic carbocycles. The molecule has 0 unspecified atom stereocenters. The van der Waals surface area contributed by atoms with E-state index < -0.39 is 0 Å². The van der Waals surface area contributed by atoms with Crippen LogP contribution in [0.4, 0.5) is 0 Å². The molecular formula is C11H14N4S. The second-order valence-corrected chi connectivity index (χ2v) is 4.88. The van der Waals surface area contributed by atoms with Crippen molar-refractivity contribution in [1.29, 1.82) is 5.26 Å². The predicted molar refractivity (Wildman–Crippen MR) is 65.4 cm³/mol. The van der Waals surface area contributed by atoms with Crippen molar-refractivity contribution in [3.8, 4) is 6.07 Å². The zero-order valence-corrected chi connectivity index (χ0v) is 10.0. The molecule has 0 amide bonds. The van der Waals surface area contributed by atoms with Crippen molar-refractivity contribution < 1.29 is 0 Å². The SMILES string of the molecule is CN1CCCN=C1NCc1ccc(C#N)s1. The quantitative estimate of drug-likeness (QED) is 0.841. The summed E-state index contributed by atoms with van der Waals surface area (Å²) < 4.78 is 0. The molecule has 2 rings (SSSR count). The molecule has 0 aliphatic carbocycles. The maximum atomic E-state index is 8.72. The zero-order valence-electron chi connectivity index (χ0n) is 9.23. The molecule has 1 aliphatic rings. The Hall–Kier alpha value is -1.54. The minimum atomic E-state index is 0.746. The molecule has 16 heavy (non-hydrogen) atoms. The van der Waals surface area contributed by atoms with E-state index in [1.54, 1.807) is 0 Å². The van der Waals surface area contributed by atoms with Gasteiger partial charge < -0.3 is 10.2 Å². The highest BCUT2D eigenvalue weighted by molar-refractivity contribution is 7.12. The molecule has 0 spiro atoms. The molecule has 0 bridgehead atoms. The van der Waals surface area contributed by atoms with Crippen molar-refractivity contribution in [3.05, 3.63) is 21.9 Å². The third-order valence-electron chi connectivity index (χ3n) is 2.47. The highest BCUT2D eigenvalue weighted by Crippen LogP contribution is 2.14. The van der Waals surface area contributed by atoms with Crippen LogP contribution in [-0.4, -0.2) is 31.0 Å². The van der Waals surface area contributed by atoms with Gasteiger partial charge in [-0.15, -0.1) is 11.3 Å². The minimum absolute atomic E-state index is 0.746. The predicted octanol–water partition coefficient (Wildman–Crippen LogP) is 1.40. The number of thiophene rings is 1. The van der Waals surface area contributed by atoms with Crippen LogP contribution in [0.25, 0.3) is 0 Å². The molecule has 1 aromatic rings. The Bertz CT molecular complexity index is 429. The fraction of sp³-hybridized carbons (Fsp3) is 0.455. The topological polar surface area (TPSA) is 51.4 Å². The van der Waals surface area contributed by atoms with Crippen LogP contribution in [0.5, 0.6) is 0 Å². The molecule has 84 valence electrons. The van der Waals surface area contributed by atoms with Crippen molar-refractivity contribution in [2.45, 2.75) is 13.0 Å². The Morgan fingerprint density at radius 2 is 2.50 bits per heavy atom. The van der Waals surface area contributed by atoms with Gasteiger partial charge in [-0.2, -0.15) is 5.26 Å². The van der Waals surface area contributed by atoms with Gasteiger partial charge in [-0.1, -0.05) is 0 Å². The normalized spacial score (nSPS) is 15.5. The molecule has 0 fully saturated rings. The molecule has 2 heterocycles. The Balaban J connectivity index is 1.92. The number of rotatable bonds is 2. The summed E-state index contributed by atoms with van der Waals surface area (Å²) in [7, 11) is 2.04. The van der Waals surface area contributed by atoms with Crippen LogP contribution in [0.1, 0.15) is 16.2 Å². The lowest BCUT2D eigenvalue weighted by atomic mass is 10.3. The molecular weight excluding hydrogens is 220 g/mol. The van der Waals surface area contributed by atoms with E-state index in [9.17, 15) is 0 Å². The van der Waals surface area contributed by atoms with E-state index in [0.717, 1.165) is 36.9 Å². The van der Waals surface area contributed by atoms with E-state index >= 15 is 0 Å². The van der Waals surface area contributed by atoms with E-state index in [0.29, 0.717) is 0 Å². The fourth-order valence-electron chi connectivity index (χ4n) is 1.61. The zero-order chi connectivity index (χ0) is 11.4. The Labute approximate surface area is 99.2 Å². The highest BCUT2D eigenvalue weighted by Gasteiger charge is 2.10. The first kappa shape index (κ1) is 11.0. The maximum Gasteiger partial charge on any atom is 0.193 e. The van der Waals surface area contributed by atoms with Gasteiger partial charge >= 0.3 is 0 Å². The maximum absolute atomic E-state index is 8.72. The van der Waals surface area contributed by atoms with E-state index in [1.165, 1.54) is 16.2 Å². The standard InChI is InChI=1S/C11H14N4S/c1-15-6-2-5-13-11(15)14-8-10-4-3-9(7-12)16-10/h3-4H,2,5-6,8H2,1H3,(H,13,14). The average molecular weight is 234 g/mol. The summed E-state index contributed by atoms with van der Waals surface area (Å²) in [6, 6.07) is 5.99. The van der Waals surface area contributed by atoms with Crippen LogP contribution in [0, 0.1) is 11.3 Å². The van der Waals surface area contributed by atoms with Gasteiger partial charge in [0.25, 0.3) is 0 Å². The van der Waals surface area contributed by atoms with Gasteiger partial charge in [-0.05, 0) is 18.6 Å². The minimum Gasteiger partial charge on any atom is -0.351 e. The number of guanidine groups is 1. The first-order valence-electron chi connectivity index (χ1n) is 5.28. The third kappa shape index (κ3) is 2.52. The van der Waals surface area contributed by atoms with Crippen LogP contribution in [0.3, 0.4) is 0 Å². The van der Waals surface area contributed by atoms with Gasteiger partial charge in [0, 0.05) is 25.0 Å². The lowest BCUT2D eigenvalue weighted by Gasteiger charge is -2.25. The summed E-state index contributed by atoms with van der Waals surface area (Å²) >= 11 is 1.53. The highest BCUT2D eigenvalue weighted by atomic mass is 32.1. The fourth-order valence-corrected chi connectivity index (χ4v) is 2.35. The molecule has 0 radical (unpaired) electrons. The van der Waals surface area contributed by atoms with E-state index in [2.05, 4.69) is 21.3 Å². The number of aliphatic imine (C=N–C) groups is 1. The second kappa shape index (κ2) is 4.99. The summed E-state index contributed by atoms with van der Waals surface area (Å²) in [6.45, 7) is 2.70. The van der Waals surface area contributed by atoms with Gasteiger partial charge in [0.1, 0.15) is 10.9 Å². The van der Waals surface area contributed by atoms with Crippen molar-refractivity contribution in [1.82, 2.24) is 10.2 Å². The first-order chi connectivity index (χ1) is 7.79. The van der Waals surface area contributed by atoms with Gasteiger partial charge in [0.05, 0.1) is 6.54 Å². The van der Waals surface area contributed by atoms with Gasteiger partial charge in [0.2, 0.25) is 0 Å². The third-order valence-corrected chi connectivity index (χ3v) is 3.46. The number of hydrogen-bond acceptors (Lipinski definition) is 5. The van der Waals surface area contributed by atoms with Crippen LogP contribution in [0.2, 0.25) is 0 Å². The summed E-state index contributed by atoms with van der Waals surface area (Å²) in [6.07, 6.45) is 1.12. The Kier molecular flexibility index (Phi) is 3.42. The molecule has 1 aliphatic heterocycles. The largest absolute Gasteiger partial charge is 0.351 e. The molecule has 4 nitrogen and oxygen atoms in total. The van der Waals surface area contributed by atoms with Gasteiger partial charge in [-0.25, -0.2) is 0 Å². The van der Waals surface area contributed by atoms with Crippen LogP contribution in [-0.2, 0) is 6.54 Å². The van der Waals surface area contributed by atoms with Crippen molar-refractivity contribution >= 4 is 17.3 Å². The molecule has 5 heteroatoms. The van der Waals surface area contributed by atoms with E-state index in [1.807, 2.05) is 19.2 Å². The number of nitrogens with zero attached hydrogens (tertiary/aromatic N) is 3. The summed E-state index contributed by atoms with van der Waals surface area (Å²) in [5.74, 6) is 0.957. The van der Waals surface area contributed by atoms with Crippen LogP contribution >= 0.6 is 11.3 Å². The van der Waals surface area contributed by atoms with E-state index in [4.69, 9.17) is 5.26 Å². The second-order valence-electron chi connectivity index (χ2n) is 3.71. The van der Waals surface area contributed by atoms with Crippen LogP contribution < -0.4 is 5.32 Å². The van der Waals surface area contributed by atoms with Crippen molar-refractivity contribution in [3.63, 3.8) is 0 Å². The molecule has 0 saturated carbocycles. The monoisotopic (exact) mass is 234 g/mol. The summed E-state index contributed by atoms with van der Waals surface area (Å²) in [5.41, 5.74) is 0. The smallest absolute Gasteiger partial charge is 0.193 e. The van der Waals surface area contributed by atoms with Gasteiger partial charge in [0.15, 0.2) is 5.96 Å². The van der Waals surface area contributed by atoms with Crippen molar-refractivity contribution in [2.24, 2.45) is 4.99 Å². The molecule has 1 N–H and O–H groups in total. The number of nitrogens with one attached hydrogen (secondary N) is 1. The Morgan fingerprint density at radius 3 is 3.19 bits per heavy atom. The number of hydrogen-bond donors (Lipinski definition) is 1. The van der Waals surface area contributed by atoms with Crippen molar-refractivity contribution in [2.75, 3.05) is 20.1 Å². The lowest BCUT2D eigenvalue weighted by Crippen LogP contribution is -2.41. The Morgan fingerprint density at radius 1 is 1.62 bits per heavy atom. The molecule has 1 aromatic heterocycles. The van der Waals surface area contributed by atoms with Crippen LogP contribution in [0.15, 0.2) is 17.1 Å². The summed E-state index contributed by atoms with van der Waals surface area (Å²) in [4.78, 5) is 8.48. The number of nitriles is 1. The summed E-state index contributed by atoms with van der Waals surface area (Å²) in [5, 5.41) is 12.0. The van der Waals surface area contributed by atoms with Gasteiger partial charge in [-0.3, -0.25) is 4.99 Å². The lowest BCUT2D eigenvalue weighted by molar-refractivity contribution is 0.446. The molecule has 0 atom stereocenters. The molecule has 0 saturated heterocycles. The van der Waals surface area contributed by atoms with E-state index in [-0.39, 0.29) is 0 Å². The average Bonchev–Trinajstić information content (AvgIpc) is 2.76. The first-order valence-corrected chi connectivity index (χ1v) is 6.09.